The van der Waals surface area contributed by atoms with Gasteiger partial charge in [0, 0.05) is 33.2 Å². The van der Waals surface area contributed by atoms with E-state index in [4.69, 9.17) is 62.7 Å². The van der Waals surface area contributed by atoms with E-state index in [1.165, 1.54) is 12.1 Å². The first-order valence-electron chi connectivity index (χ1n) is 9.07. The fourth-order valence-corrected chi connectivity index (χ4v) is 3.21. The van der Waals surface area contributed by atoms with Crippen LogP contribution in [0.2, 0.25) is 10.0 Å². The van der Waals surface area contributed by atoms with Crippen LogP contribution in [-0.2, 0) is 4.79 Å². The number of benzene rings is 1. The summed E-state index contributed by atoms with van der Waals surface area (Å²) in [4.78, 5) is 29.4. The number of alkyl halides is 3. The SMILES string of the molecule is CN(C)c1nc(N(C)C)nc(N(C#N)[C@H](NC(=O)COc2ccc(Cl)cc2Cl)C(Cl)(Cl)Cl)n1. The molecule has 2 aromatic rings. The van der Waals surface area contributed by atoms with Crippen LogP contribution in [0.1, 0.15) is 0 Å². The van der Waals surface area contributed by atoms with Crippen molar-refractivity contribution in [1.29, 1.82) is 5.26 Å². The molecule has 0 saturated carbocycles. The highest BCUT2D eigenvalue weighted by molar-refractivity contribution is 6.68. The zero-order valence-corrected chi connectivity index (χ0v) is 21.6. The molecule has 1 amide bonds. The van der Waals surface area contributed by atoms with Crippen LogP contribution in [0.15, 0.2) is 18.2 Å². The van der Waals surface area contributed by atoms with E-state index in [0.717, 1.165) is 4.90 Å². The maximum absolute atomic E-state index is 12.6. The van der Waals surface area contributed by atoms with Crippen molar-refractivity contribution in [1.82, 2.24) is 20.3 Å². The van der Waals surface area contributed by atoms with Crippen LogP contribution < -0.4 is 24.8 Å². The normalized spacial score (nSPS) is 11.9. The molecule has 0 fully saturated rings. The summed E-state index contributed by atoms with van der Waals surface area (Å²) in [6.45, 7) is -0.485. The number of anilines is 3. The predicted molar refractivity (Wildman–Crippen MR) is 131 cm³/mol. The average molecular weight is 557 g/mol. The van der Waals surface area contributed by atoms with Gasteiger partial charge in [-0.2, -0.15) is 20.2 Å². The molecular formula is C18H19Cl5N8O2. The molecule has 0 spiro atoms. The number of amides is 1. The molecule has 2 rings (SSSR count). The van der Waals surface area contributed by atoms with Gasteiger partial charge in [0.1, 0.15) is 5.75 Å². The highest BCUT2D eigenvalue weighted by atomic mass is 35.6. The Kier molecular flexibility index (Phi) is 9.29. The molecule has 0 aliphatic carbocycles. The van der Waals surface area contributed by atoms with Crippen molar-refractivity contribution in [3.63, 3.8) is 0 Å². The molecule has 0 aliphatic heterocycles. The summed E-state index contributed by atoms with van der Waals surface area (Å²) >= 11 is 30.1. The largest absolute Gasteiger partial charge is 0.482 e. The van der Waals surface area contributed by atoms with Crippen molar-refractivity contribution < 1.29 is 9.53 Å². The first kappa shape index (κ1) is 27.1. The summed E-state index contributed by atoms with van der Waals surface area (Å²) in [5, 5.41) is 12.9. The van der Waals surface area contributed by atoms with E-state index < -0.39 is 22.5 Å². The standard InChI is InChI=1S/C18H19Cl5N8O2/c1-29(2)15-26-16(30(3)4)28-17(27-15)31(9-24)14(18(21,22)23)25-13(32)8-33-12-6-5-10(19)7-11(12)20/h5-7,14H,8H2,1-4H3,(H,25,32)/t14-/m0/s1. The Morgan fingerprint density at radius 1 is 1.09 bits per heavy atom. The Labute approximate surface area is 215 Å². The highest BCUT2D eigenvalue weighted by Gasteiger charge is 2.41. The minimum absolute atomic E-state index is 0.141. The number of carbonyl (C=O) groups excluding carboxylic acids is 1. The van der Waals surface area contributed by atoms with Crippen molar-refractivity contribution in [2.24, 2.45) is 0 Å². The number of nitrogens with one attached hydrogen (secondary N) is 1. The lowest BCUT2D eigenvalue weighted by molar-refractivity contribution is -0.123. The van der Waals surface area contributed by atoms with Crippen molar-refractivity contribution in [3.05, 3.63) is 28.2 Å². The van der Waals surface area contributed by atoms with Crippen LogP contribution >= 0.6 is 58.0 Å². The molecule has 15 heteroatoms. The molecule has 33 heavy (non-hydrogen) atoms. The van der Waals surface area contributed by atoms with Gasteiger partial charge < -0.3 is 19.9 Å². The van der Waals surface area contributed by atoms with Crippen LogP contribution in [-0.4, -0.2) is 65.6 Å². The van der Waals surface area contributed by atoms with Crippen molar-refractivity contribution in [3.8, 4) is 11.9 Å². The van der Waals surface area contributed by atoms with Gasteiger partial charge >= 0.3 is 0 Å². The van der Waals surface area contributed by atoms with Gasteiger partial charge in [-0.3, -0.25) is 4.79 Å². The number of hydrogen-bond acceptors (Lipinski definition) is 9. The minimum atomic E-state index is -2.15. The third kappa shape index (κ3) is 7.42. The molecule has 1 aromatic heterocycles. The van der Waals surface area contributed by atoms with Gasteiger partial charge in [-0.25, -0.2) is 4.90 Å². The zero-order valence-electron chi connectivity index (χ0n) is 17.9. The fourth-order valence-electron chi connectivity index (χ4n) is 2.29. The number of aromatic nitrogens is 3. The summed E-state index contributed by atoms with van der Waals surface area (Å²) in [5.74, 6) is -0.119. The summed E-state index contributed by atoms with van der Waals surface area (Å²) in [5.41, 5.74) is 0. The Balaban J connectivity index is 2.31. The number of halogens is 5. The van der Waals surface area contributed by atoms with Crippen LogP contribution in [0.25, 0.3) is 0 Å². The molecule has 0 aliphatic rings. The van der Waals surface area contributed by atoms with Gasteiger partial charge in [0.2, 0.25) is 21.6 Å². The van der Waals surface area contributed by atoms with Crippen LogP contribution in [0, 0.1) is 11.5 Å². The third-order valence-corrected chi connectivity index (χ3v) is 4.99. The maximum atomic E-state index is 12.6. The summed E-state index contributed by atoms with van der Waals surface area (Å²) in [7, 11) is 6.84. The maximum Gasteiger partial charge on any atom is 0.259 e. The molecule has 10 nitrogen and oxygen atoms in total. The van der Waals surface area contributed by atoms with Crippen LogP contribution in [0.4, 0.5) is 17.8 Å². The van der Waals surface area contributed by atoms with E-state index in [9.17, 15) is 10.1 Å². The number of nitrogens with zero attached hydrogens (tertiary/aromatic N) is 7. The van der Waals surface area contributed by atoms with Crippen molar-refractivity contribution >= 4 is 81.8 Å². The molecule has 178 valence electrons. The van der Waals surface area contributed by atoms with Crippen molar-refractivity contribution in [2.45, 2.75) is 9.96 Å². The van der Waals surface area contributed by atoms with Gasteiger partial charge in [-0.15, -0.1) is 0 Å². The summed E-state index contributed by atoms with van der Waals surface area (Å²) in [6, 6.07) is 4.51. The highest BCUT2D eigenvalue weighted by Crippen LogP contribution is 2.34. The van der Waals surface area contributed by atoms with E-state index in [0.29, 0.717) is 5.02 Å². The Morgan fingerprint density at radius 2 is 1.64 bits per heavy atom. The van der Waals surface area contributed by atoms with Gasteiger partial charge in [-0.1, -0.05) is 58.0 Å². The zero-order chi connectivity index (χ0) is 24.9. The number of hydrogen-bond donors (Lipinski definition) is 1. The van der Waals surface area contributed by atoms with E-state index in [1.807, 2.05) is 6.19 Å². The number of nitriles is 1. The molecule has 1 N–H and O–H groups in total. The molecule has 1 heterocycles. The molecule has 0 unspecified atom stereocenters. The van der Waals surface area contributed by atoms with Gasteiger partial charge in [0.15, 0.2) is 19.0 Å². The van der Waals surface area contributed by atoms with Gasteiger partial charge in [-0.05, 0) is 18.2 Å². The van der Waals surface area contributed by atoms with Crippen LogP contribution in [0.5, 0.6) is 5.75 Å². The molecular weight excluding hydrogens is 538 g/mol. The van der Waals surface area contributed by atoms with E-state index >= 15 is 0 Å². The van der Waals surface area contributed by atoms with Crippen LogP contribution in [0.3, 0.4) is 0 Å². The molecule has 1 aromatic carbocycles. The molecule has 0 radical (unpaired) electrons. The average Bonchev–Trinajstić information content (AvgIpc) is 2.72. The second-order valence-electron chi connectivity index (χ2n) is 6.87. The monoisotopic (exact) mass is 554 g/mol. The first-order valence-corrected chi connectivity index (χ1v) is 11.0. The number of carbonyl (C=O) groups is 1. The Hall–Kier alpha value is -2.16. The quantitative estimate of drug-likeness (QED) is 0.226. The van der Waals surface area contributed by atoms with Gasteiger partial charge in [0.05, 0.1) is 5.02 Å². The molecule has 0 saturated heterocycles. The second kappa shape index (κ2) is 11.3. The molecule has 0 bridgehead atoms. The Bertz CT molecular complexity index is 1020. The lowest BCUT2D eigenvalue weighted by Crippen LogP contribution is -2.55. The van der Waals surface area contributed by atoms with E-state index in [1.54, 1.807) is 44.1 Å². The summed E-state index contributed by atoms with van der Waals surface area (Å²) < 4.78 is 3.25. The topological polar surface area (TPSA) is 111 Å². The number of ether oxygens (including phenoxy) is 1. The minimum Gasteiger partial charge on any atom is -0.482 e. The van der Waals surface area contributed by atoms with Crippen molar-refractivity contribution in [2.75, 3.05) is 49.5 Å². The van der Waals surface area contributed by atoms with Gasteiger partial charge in [0.25, 0.3) is 5.91 Å². The summed E-state index contributed by atoms with van der Waals surface area (Å²) in [6.07, 6.45) is 0.375. The van der Waals surface area contributed by atoms with E-state index in [2.05, 4.69) is 20.3 Å². The number of rotatable bonds is 8. The van der Waals surface area contributed by atoms with E-state index in [-0.39, 0.29) is 28.6 Å². The smallest absolute Gasteiger partial charge is 0.259 e. The first-order chi connectivity index (χ1) is 15.3. The molecule has 1 atom stereocenters. The fraction of sp³-hybridized carbons (Fsp3) is 0.389. The lowest BCUT2D eigenvalue weighted by atomic mass is 10.3. The third-order valence-electron chi connectivity index (χ3n) is 3.84. The lowest BCUT2D eigenvalue weighted by Gasteiger charge is -2.31. The predicted octanol–water partition coefficient (Wildman–Crippen LogP) is 3.49. The second-order valence-corrected chi connectivity index (χ2v) is 10.1. The Morgan fingerprint density at radius 3 is 2.09 bits per heavy atom.